The van der Waals surface area contributed by atoms with Crippen molar-refractivity contribution < 1.29 is 0 Å². The minimum absolute atomic E-state index is 0.102. The smallest absolute Gasteiger partial charge is 0.254 e. The molecule has 1 aromatic rings. The molecule has 2 fully saturated rings. The van der Waals surface area contributed by atoms with Gasteiger partial charge in [0.25, 0.3) is 5.56 Å². The van der Waals surface area contributed by atoms with Crippen LogP contribution in [0.5, 0.6) is 0 Å². The van der Waals surface area contributed by atoms with E-state index in [1.54, 1.807) is 0 Å². The van der Waals surface area contributed by atoms with Gasteiger partial charge in [-0.15, -0.1) is 0 Å². The number of likely N-dealkylation sites (tertiary alicyclic amines) is 1. The Hall–Kier alpha value is -0.810. The summed E-state index contributed by atoms with van der Waals surface area (Å²) >= 11 is 2.09. The number of aromatic amines is 1. The van der Waals surface area contributed by atoms with Gasteiger partial charge in [0.1, 0.15) is 5.82 Å². The Labute approximate surface area is 136 Å². The summed E-state index contributed by atoms with van der Waals surface area (Å²) in [5.74, 6) is 3.39. The number of fused-ring (bicyclic) bond motifs is 2. The van der Waals surface area contributed by atoms with Crippen LogP contribution in [0, 0.1) is 6.92 Å². The fourth-order valence-corrected chi connectivity index (χ4v) is 5.77. The van der Waals surface area contributed by atoms with Gasteiger partial charge in [0.2, 0.25) is 0 Å². The number of hydrogen-bond donors (Lipinski definition) is 1. The van der Waals surface area contributed by atoms with Crippen molar-refractivity contribution in [3.8, 4) is 0 Å². The van der Waals surface area contributed by atoms with E-state index in [1.807, 2.05) is 6.92 Å². The van der Waals surface area contributed by atoms with Crippen LogP contribution in [0.1, 0.15) is 49.2 Å². The molecule has 0 amide bonds. The first-order valence-electron chi connectivity index (χ1n) is 8.60. The number of hydrogen-bond acceptors (Lipinski definition) is 4. The SMILES string of the molecule is Cc1nc2c(c(=O)[nH]1)CCC21CCCN(C2CCSCC2)C1. The van der Waals surface area contributed by atoms with Gasteiger partial charge in [-0.25, -0.2) is 4.98 Å². The molecule has 4 nitrogen and oxygen atoms in total. The number of nitrogens with zero attached hydrogens (tertiary/aromatic N) is 2. The second-order valence-corrected chi connectivity index (χ2v) is 8.40. The van der Waals surface area contributed by atoms with E-state index in [0.717, 1.165) is 42.5 Å². The van der Waals surface area contributed by atoms with Gasteiger partial charge in [-0.3, -0.25) is 9.69 Å². The Balaban J connectivity index is 1.64. The molecule has 0 radical (unpaired) electrons. The fraction of sp³-hybridized carbons (Fsp3) is 0.765. The first-order valence-corrected chi connectivity index (χ1v) is 9.75. The Kier molecular flexibility index (Phi) is 3.81. The zero-order valence-corrected chi connectivity index (χ0v) is 14.2. The summed E-state index contributed by atoms with van der Waals surface area (Å²) in [4.78, 5) is 22.6. The van der Waals surface area contributed by atoms with E-state index in [1.165, 1.54) is 43.7 Å². The van der Waals surface area contributed by atoms with Crippen LogP contribution in [-0.4, -0.2) is 45.5 Å². The average molecular weight is 319 g/mol. The summed E-state index contributed by atoms with van der Waals surface area (Å²) in [6, 6.07) is 0.755. The molecule has 3 aliphatic rings. The van der Waals surface area contributed by atoms with Gasteiger partial charge in [-0.05, 0) is 63.5 Å². The number of aromatic nitrogens is 2. The summed E-state index contributed by atoms with van der Waals surface area (Å²) in [6.45, 7) is 4.26. The monoisotopic (exact) mass is 319 g/mol. The van der Waals surface area contributed by atoms with E-state index in [-0.39, 0.29) is 11.0 Å². The third kappa shape index (κ3) is 2.42. The van der Waals surface area contributed by atoms with Crippen LogP contribution in [0.2, 0.25) is 0 Å². The second-order valence-electron chi connectivity index (χ2n) is 7.18. The molecule has 0 bridgehead atoms. The highest BCUT2D eigenvalue weighted by atomic mass is 32.2. The van der Waals surface area contributed by atoms with Gasteiger partial charge < -0.3 is 4.98 Å². The van der Waals surface area contributed by atoms with Crippen molar-refractivity contribution in [2.45, 2.75) is 56.9 Å². The minimum Gasteiger partial charge on any atom is -0.311 e. The Morgan fingerprint density at radius 1 is 1.32 bits per heavy atom. The molecule has 5 heteroatoms. The molecular weight excluding hydrogens is 294 g/mol. The van der Waals surface area contributed by atoms with Crippen molar-refractivity contribution in [1.29, 1.82) is 0 Å². The maximum Gasteiger partial charge on any atom is 0.254 e. The van der Waals surface area contributed by atoms with Crippen molar-refractivity contribution in [3.05, 3.63) is 27.4 Å². The highest BCUT2D eigenvalue weighted by Gasteiger charge is 2.45. The predicted molar refractivity (Wildman–Crippen MR) is 90.7 cm³/mol. The topological polar surface area (TPSA) is 49.0 Å². The van der Waals surface area contributed by atoms with Crippen molar-refractivity contribution in [3.63, 3.8) is 0 Å². The molecule has 0 aromatic carbocycles. The van der Waals surface area contributed by atoms with E-state index >= 15 is 0 Å². The molecule has 0 saturated carbocycles. The minimum atomic E-state index is 0.102. The standard InChI is InChI=1S/C17H25N3OS/c1-12-18-15-14(16(21)19-12)3-7-17(15)6-2-8-20(11-17)13-4-9-22-10-5-13/h13H,2-11H2,1H3,(H,18,19,21). The third-order valence-electron chi connectivity index (χ3n) is 5.80. The molecule has 4 rings (SSSR count). The van der Waals surface area contributed by atoms with E-state index in [0.29, 0.717) is 0 Å². The Bertz CT molecular complexity index is 623. The summed E-state index contributed by atoms with van der Waals surface area (Å²) in [7, 11) is 0. The van der Waals surface area contributed by atoms with E-state index in [4.69, 9.17) is 4.98 Å². The van der Waals surface area contributed by atoms with Gasteiger partial charge in [0.05, 0.1) is 5.69 Å². The third-order valence-corrected chi connectivity index (χ3v) is 6.85. The molecule has 1 spiro atoms. The van der Waals surface area contributed by atoms with Gasteiger partial charge in [0.15, 0.2) is 0 Å². The predicted octanol–water partition coefficient (Wildman–Crippen LogP) is 2.25. The molecule has 1 aromatic heterocycles. The van der Waals surface area contributed by atoms with E-state index in [2.05, 4.69) is 21.6 Å². The van der Waals surface area contributed by atoms with Gasteiger partial charge >= 0.3 is 0 Å². The molecule has 1 aliphatic carbocycles. The van der Waals surface area contributed by atoms with Crippen LogP contribution in [0.15, 0.2) is 4.79 Å². The first-order chi connectivity index (χ1) is 10.7. The lowest BCUT2D eigenvalue weighted by molar-refractivity contribution is 0.0941. The van der Waals surface area contributed by atoms with Crippen LogP contribution >= 0.6 is 11.8 Å². The maximum absolute atomic E-state index is 12.2. The number of aryl methyl sites for hydroxylation is 1. The fourth-order valence-electron chi connectivity index (χ4n) is 4.69. The number of piperidine rings is 1. The van der Waals surface area contributed by atoms with Crippen LogP contribution in [0.3, 0.4) is 0 Å². The molecular formula is C17H25N3OS. The zero-order valence-electron chi connectivity index (χ0n) is 13.4. The Morgan fingerprint density at radius 2 is 2.14 bits per heavy atom. The van der Waals surface area contributed by atoms with Crippen molar-refractivity contribution in [2.24, 2.45) is 0 Å². The van der Waals surface area contributed by atoms with E-state index < -0.39 is 0 Å². The largest absolute Gasteiger partial charge is 0.311 e. The summed E-state index contributed by atoms with van der Waals surface area (Å²) < 4.78 is 0. The lowest BCUT2D eigenvalue weighted by atomic mass is 9.77. The van der Waals surface area contributed by atoms with Gasteiger partial charge in [-0.1, -0.05) is 0 Å². The normalized spacial score (nSPS) is 29.9. The number of nitrogens with one attached hydrogen (secondary N) is 1. The van der Waals surface area contributed by atoms with Crippen molar-refractivity contribution in [2.75, 3.05) is 24.6 Å². The summed E-state index contributed by atoms with van der Waals surface area (Å²) in [5.41, 5.74) is 2.35. The lowest BCUT2D eigenvalue weighted by Crippen LogP contribution is -2.50. The van der Waals surface area contributed by atoms with Crippen LogP contribution < -0.4 is 5.56 Å². The van der Waals surface area contributed by atoms with Gasteiger partial charge in [0, 0.05) is 23.6 Å². The zero-order chi connectivity index (χ0) is 15.2. The quantitative estimate of drug-likeness (QED) is 0.862. The first kappa shape index (κ1) is 14.8. The Morgan fingerprint density at radius 3 is 2.95 bits per heavy atom. The second kappa shape index (κ2) is 5.68. The molecule has 3 heterocycles. The number of thioether (sulfide) groups is 1. The highest BCUT2D eigenvalue weighted by Crippen LogP contribution is 2.44. The lowest BCUT2D eigenvalue weighted by Gasteiger charge is -2.45. The molecule has 1 unspecified atom stereocenters. The van der Waals surface area contributed by atoms with Crippen molar-refractivity contribution >= 4 is 11.8 Å². The number of rotatable bonds is 1. The summed E-state index contributed by atoms with van der Waals surface area (Å²) in [6.07, 6.45) is 7.13. The van der Waals surface area contributed by atoms with Crippen LogP contribution in [0.4, 0.5) is 0 Å². The molecule has 1 N–H and O–H groups in total. The number of H-pyrrole nitrogens is 1. The van der Waals surface area contributed by atoms with Crippen LogP contribution in [-0.2, 0) is 11.8 Å². The summed E-state index contributed by atoms with van der Waals surface area (Å²) in [5, 5.41) is 0. The molecule has 1 atom stereocenters. The highest BCUT2D eigenvalue weighted by molar-refractivity contribution is 7.99. The molecule has 22 heavy (non-hydrogen) atoms. The maximum atomic E-state index is 12.2. The molecule has 2 saturated heterocycles. The average Bonchev–Trinajstić information content (AvgIpc) is 2.87. The molecule has 2 aliphatic heterocycles. The van der Waals surface area contributed by atoms with Crippen molar-refractivity contribution in [1.82, 2.24) is 14.9 Å². The van der Waals surface area contributed by atoms with E-state index in [9.17, 15) is 4.79 Å². The van der Waals surface area contributed by atoms with Gasteiger partial charge in [-0.2, -0.15) is 11.8 Å². The van der Waals surface area contributed by atoms with Crippen LogP contribution in [0.25, 0.3) is 0 Å². The molecule has 120 valence electrons.